The fraction of sp³-hybridized carbons (Fsp3) is 0.0426. The zero-order valence-corrected chi connectivity index (χ0v) is 28.7. The van der Waals surface area contributed by atoms with Crippen molar-refractivity contribution in [3.63, 3.8) is 0 Å². The van der Waals surface area contributed by atoms with Crippen molar-refractivity contribution in [3.8, 4) is 51.0 Å². The molecule has 52 heavy (non-hydrogen) atoms. The first kappa shape index (κ1) is 31.2. The number of rotatable bonds is 8. The molecule has 0 fully saturated rings. The number of hydrogen-bond donors (Lipinski definition) is 0. The maximum absolute atomic E-state index is 6.45. The Hall–Kier alpha value is -6.85. The third-order valence-electron chi connectivity index (χ3n) is 9.68. The van der Waals surface area contributed by atoms with E-state index in [0.29, 0.717) is 17.5 Å². The summed E-state index contributed by atoms with van der Waals surface area (Å²) in [5.74, 6) is 2.83. The molecule has 0 N–H and O–H groups in total. The van der Waals surface area contributed by atoms with Gasteiger partial charge >= 0.3 is 0 Å². The molecular weight excluding hydrogens is 637 g/mol. The highest BCUT2D eigenvalue weighted by Crippen LogP contribution is 2.38. The fourth-order valence-electron chi connectivity index (χ4n) is 7.05. The molecule has 0 bridgehead atoms. The molecule has 0 radical (unpaired) electrons. The predicted molar refractivity (Wildman–Crippen MR) is 213 cm³/mol. The molecule has 3 aromatic heterocycles. The maximum Gasteiger partial charge on any atom is 0.164 e. The van der Waals surface area contributed by atoms with E-state index < -0.39 is 0 Å². The standard InChI is InChI=1S/C47H34N4O/c1-3-4-7-23-43-31(2)39-29-40-38-21-12-13-22-41(38)51(42(40)30-44(39)52-43)37-20-14-19-36(28-37)47-49-45(34-17-10-6-11-18-34)48-46(50-47)35-26-24-33(25-27-35)32-15-8-5-9-16-32/h3-22,24-30H,1,23H2,2H3/b7-4-. The smallest absolute Gasteiger partial charge is 0.164 e. The molecular formula is C47H34N4O. The van der Waals surface area contributed by atoms with E-state index in [-0.39, 0.29) is 0 Å². The highest BCUT2D eigenvalue weighted by molar-refractivity contribution is 6.13. The van der Waals surface area contributed by atoms with Gasteiger partial charge in [-0.1, -0.05) is 140 Å². The van der Waals surface area contributed by atoms with Crippen LogP contribution in [0.4, 0.5) is 0 Å². The number of nitrogens with zero attached hydrogens (tertiary/aromatic N) is 4. The summed E-state index contributed by atoms with van der Waals surface area (Å²) >= 11 is 0. The van der Waals surface area contributed by atoms with Crippen LogP contribution in [0.25, 0.3) is 83.8 Å². The number of hydrogen-bond acceptors (Lipinski definition) is 4. The summed E-state index contributed by atoms with van der Waals surface area (Å²) in [6.45, 7) is 5.94. The second kappa shape index (κ2) is 13.1. The molecule has 9 aromatic rings. The number of allylic oxidation sites excluding steroid dienone is 3. The molecule has 0 saturated carbocycles. The van der Waals surface area contributed by atoms with Crippen LogP contribution in [-0.4, -0.2) is 19.5 Å². The molecule has 6 aromatic carbocycles. The zero-order chi connectivity index (χ0) is 35.0. The lowest BCUT2D eigenvalue weighted by Crippen LogP contribution is -2.01. The van der Waals surface area contributed by atoms with Crippen molar-refractivity contribution in [2.24, 2.45) is 0 Å². The van der Waals surface area contributed by atoms with Crippen LogP contribution in [0.1, 0.15) is 11.3 Å². The molecule has 0 spiro atoms. The van der Waals surface area contributed by atoms with Crippen molar-refractivity contribution in [1.29, 1.82) is 0 Å². The number of fused-ring (bicyclic) bond motifs is 4. The fourth-order valence-corrected chi connectivity index (χ4v) is 7.05. The van der Waals surface area contributed by atoms with Gasteiger partial charge in [-0.3, -0.25) is 0 Å². The van der Waals surface area contributed by atoms with Gasteiger partial charge in [0.05, 0.1) is 11.0 Å². The molecule has 5 nitrogen and oxygen atoms in total. The quantitative estimate of drug-likeness (QED) is 0.151. The molecule has 0 atom stereocenters. The molecule has 0 unspecified atom stereocenters. The normalized spacial score (nSPS) is 11.6. The third kappa shape index (κ3) is 5.59. The van der Waals surface area contributed by atoms with Crippen LogP contribution in [0, 0.1) is 6.92 Å². The van der Waals surface area contributed by atoms with Gasteiger partial charge in [-0.05, 0) is 47.9 Å². The van der Waals surface area contributed by atoms with E-state index in [1.807, 2.05) is 42.5 Å². The van der Waals surface area contributed by atoms with E-state index in [2.05, 4.69) is 133 Å². The van der Waals surface area contributed by atoms with Crippen LogP contribution in [-0.2, 0) is 6.42 Å². The summed E-state index contributed by atoms with van der Waals surface area (Å²) < 4.78 is 8.76. The van der Waals surface area contributed by atoms with Crippen molar-refractivity contribution < 1.29 is 4.42 Å². The Kier molecular flexibility index (Phi) is 7.86. The minimum atomic E-state index is 0.611. The topological polar surface area (TPSA) is 56.7 Å². The average molecular weight is 671 g/mol. The van der Waals surface area contributed by atoms with E-state index in [4.69, 9.17) is 19.4 Å². The second-order valence-electron chi connectivity index (χ2n) is 12.9. The Morgan fingerprint density at radius 2 is 1.15 bits per heavy atom. The van der Waals surface area contributed by atoms with Crippen molar-refractivity contribution in [2.75, 3.05) is 0 Å². The minimum absolute atomic E-state index is 0.611. The summed E-state index contributed by atoms with van der Waals surface area (Å²) in [7, 11) is 0. The Bertz CT molecular complexity index is 2770. The van der Waals surface area contributed by atoms with Gasteiger partial charge in [-0.25, -0.2) is 15.0 Å². The van der Waals surface area contributed by atoms with Gasteiger partial charge in [0, 0.05) is 51.0 Å². The van der Waals surface area contributed by atoms with Gasteiger partial charge in [0.1, 0.15) is 11.3 Å². The average Bonchev–Trinajstić information content (AvgIpc) is 3.70. The van der Waals surface area contributed by atoms with Gasteiger partial charge in [-0.15, -0.1) is 0 Å². The van der Waals surface area contributed by atoms with Crippen molar-refractivity contribution in [2.45, 2.75) is 13.3 Å². The van der Waals surface area contributed by atoms with Crippen LogP contribution < -0.4 is 0 Å². The number of furan rings is 1. The van der Waals surface area contributed by atoms with E-state index in [1.54, 1.807) is 6.08 Å². The number of benzene rings is 6. The highest BCUT2D eigenvalue weighted by atomic mass is 16.3. The molecule has 0 aliphatic carbocycles. The summed E-state index contributed by atoms with van der Waals surface area (Å²) in [5.41, 5.74) is 10.3. The lowest BCUT2D eigenvalue weighted by molar-refractivity contribution is 0.562. The Morgan fingerprint density at radius 1 is 0.558 bits per heavy atom. The molecule has 5 heteroatoms. The monoisotopic (exact) mass is 670 g/mol. The molecule has 0 aliphatic rings. The van der Waals surface area contributed by atoms with Crippen LogP contribution >= 0.6 is 0 Å². The molecule has 9 rings (SSSR count). The van der Waals surface area contributed by atoms with Crippen LogP contribution in [0.3, 0.4) is 0 Å². The SMILES string of the molecule is C=C/C=C\Cc1oc2cc3c(cc2c1C)c1ccccc1n3-c1cccc(-c2nc(-c3ccccc3)nc(-c3ccc(-c4ccccc4)cc3)n2)c1. The molecule has 3 heterocycles. The number of para-hydroxylation sites is 1. The first-order valence-corrected chi connectivity index (χ1v) is 17.5. The largest absolute Gasteiger partial charge is 0.460 e. The molecule has 248 valence electrons. The van der Waals surface area contributed by atoms with Crippen LogP contribution in [0.15, 0.2) is 175 Å². The summed E-state index contributed by atoms with van der Waals surface area (Å²) in [4.78, 5) is 15.1. The third-order valence-corrected chi connectivity index (χ3v) is 9.68. The maximum atomic E-state index is 6.45. The van der Waals surface area contributed by atoms with Gasteiger partial charge in [-0.2, -0.15) is 0 Å². The van der Waals surface area contributed by atoms with Gasteiger partial charge in [0.2, 0.25) is 0 Å². The lowest BCUT2D eigenvalue weighted by atomic mass is 10.0. The van der Waals surface area contributed by atoms with E-state index >= 15 is 0 Å². The first-order valence-electron chi connectivity index (χ1n) is 17.5. The molecule has 0 saturated heterocycles. The first-order chi connectivity index (χ1) is 25.6. The van der Waals surface area contributed by atoms with Crippen LogP contribution in [0.2, 0.25) is 0 Å². The Labute approximate surface area is 301 Å². The Balaban J connectivity index is 1.19. The van der Waals surface area contributed by atoms with Crippen molar-refractivity contribution >= 4 is 32.8 Å². The molecule has 0 amide bonds. The summed E-state index contributed by atoms with van der Waals surface area (Å²) in [5, 5.41) is 3.50. The summed E-state index contributed by atoms with van der Waals surface area (Å²) in [6.07, 6.45) is 6.54. The van der Waals surface area contributed by atoms with E-state index in [9.17, 15) is 0 Å². The lowest BCUT2D eigenvalue weighted by Gasteiger charge is -2.12. The highest BCUT2D eigenvalue weighted by Gasteiger charge is 2.19. The Morgan fingerprint density at radius 3 is 1.88 bits per heavy atom. The van der Waals surface area contributed by atoms with Crippen molar-refractivity contribution in [1.82, 2.24) is 19.5 Å². The number of aromatic nitrogens is 4. The van der Waals surface area contributed by atoms with Crippen molar-refractivity contribution in [3.05, 3.63) is 182 Å². The van der Waals surface area contributed by atoms with E-state index in [0.717, 1.165) is 62.1 Å². The van der Waals surface area contributed by atoms with Gasteiger partial charge in [0.15, 0.2) is 17.5 Å². The van der Waals surface area contributed by atoms with Crippen LogP contribution in [0.5, 0.6) is 0 Å². The zero-order valence-electron chi connectivity index (χ0n) is 28.7. The number of aryl methyl sites for hydroxylation is 1. The second-order valence-corrected chi connectivity index (χ2v) is 12.9. The van der Waals surface area contributed by atoms with E-state index in [1.165, 1.54) is 21.9 Å². The summed E-state index contributed by atoms with van der Waals surface area (Å²) in [6, 6.07) is 50.4. The van der Waals surface area contributed by atoms with Gasteiger partial charge in [0.25, 0.3) is 0 Å². The molecule has 0 aliphatic heterocycles. The predicted octanol–water partition coefficient (Wildman–Crippen LogP) is 12.0. The van der Waals surface area contributed by atoms with Gasteiger partial charge < -0.3 is 8.98 Å². The minimum Gasteiger partial charge on any atom is -0.460 e.